The van der Waals surface area contributed by atoms with Gasteiger partial charge >= 0.3 is 12.1 Å². The van der Waals surface area contributed by atoms with E-state index in [-0.39, 0.29) is 18.7 Å². The van der Waals surface area contributed by atoms with E-state index in [1.165, 1.54) is 4.90 Å². The second-order valence-electron chi connectivity index (χ2n) is 7.53. The first-order valence-electron chi connectivity index (χ1n) is 9.41. The lowest BCUT2D eigenvalue weighted by Crippen LogP contribution is -2.53. The highest BCUT2D eigenvalue weighted by Crippen LogP contribution is 2.30. The van der Waals surface area contributed by atoms with Crippen molar-refractivity contribution in [2.45, 2.75) is 57.8 Å². The largest absolute Gasteiger partial charge is 0.471 e. The maximum Gasteiger partial charge on any atom is 0.471 e. The molecule has 0 aliphatic carbocycles. The van der Waals surface area contributed by atoms with Gasteiger partial charge < -0.3 is 9.80 Å². The Morgan fingerprint density at radius 2 is 1.57 bits per heavy atom. The van der Waals surface area contributed by atoms with Crippen molar-refractivity contribution < 1.29 is 27.6 Å². The van der Waals surface area contributed by atoms with E-state index < -0.39 is 30.1 Å². The van der Waals surface area contributed by atoms with Crippen LogP contribution in [0.3, 0.4) is 0 Å². The van der Waals surface area contributed by atoms with E-state index in [0.29, 0.717) is 36.3 Å². The molecule has 3 rings (SSSR count). The summed E-state index contributed by atoms with van der Waals surface area (Å²) in [5.41, 5.74) is 2.24. The molecule has 1 aromatic rings. The van der Waals surface area contributed by atoms with Crippen molar-refractivity contribution in [2.75, 3.05) is 13.1 Å². The van der Waals surface area contributed by atoms with Gasteiger partial charge in [0.15, 0.2) is 5.78 Å². The smallest absolute Gasteiger partial charge is 0.330 e. The predicted molar refractivity (Wildman–Crippen MR) is 95.8 cm³/mol. The summed E-state index contributed by atoms with van der Waals surface area (Å²) in [6.07, 6.45) is -3.42. The van der Waals surface area contributed by atoms with Crippen molar-refractivity contribution in [3.8, 4) is 0 Å². The van der Waals surface area contributed by atoms with Gasteiger partial charge in [-0.05, 0) is 51.2 Å². The molecule has 2 aliphatic heterocycles. The van der Waals surface area contributed by atoms with Gasteiger partial charge in [0.2, 0.25) is 5.91 Å². The number of alkyl halides is 3. The molecule has 5 nitrogen and oxygen atoms in total. The maximum absolute atomic E-state index is 13.1. The molecule has 0 aromatic heterocycles. The van der Waals surface area contributed by atoms with Crippen LogP contribution in [0.25, 0.3) is 0 Å². The summed E-state index contributed by atoms with van der Waals surface area (Å²) < 4.78 is 38.6. The molecule has 2 unspecified atom stereocenters. The van der Waals surface area contributed by atoms with Crippen LogP contribution >= 0.6 is 0 Å². The summed E-state index contributed by atoms with van der Waals surface area (Å²) in [4.78, 5) is 39.7. The fourth-order valence-corrected chi connectivity index (χ4v) is 4.10. The standard InChI is InChI=1S/C20H23F3N2O3/c1-12-7-8-13(2)14(11-12)17(26)15-5-3-9-24(15)18(27)16-6-4-10-25(16)19(28)20(21,22)23/h7-8,11,15-16H,3-6,9-10H2,1-2H3. The molecule has 2 heterocycles. The second kappa shape index (κ2) is 7.56. The third-order valence-corrected chi connectivity index (χ3v) is 5.54. The van der Waals surface area contributed by atoms with Gasteiger partial charge in [0.25, 0.3) is 0 Å². The summed E-state index contributed by atoms with van der Waals surface area (Å²) in [6, 6.07) is 3.65. The third-order valence-electron chi connectivity index (χ3n) is 5.54. The van der Waals surface area contributed by atoms with Crippen molar-refractivity contribution in [1.29, 1.82) is 0 Å². The Balaban J connectivity index is 1.82. The molecular weight excluding hydrogens is 373 g/mol. The van der Waals surface area contributed by atoms with Gasteiger partial charge in [-0.15, -0.1) is 0 Å². The molecule has 2 saturated heterocycles. The van der Waals surface area contributed by atoms with Crippen LogP contribution in [0.5, 0.6) is 0 Å². The summed E-state index contributed by atoms with van der Waals surface area (Å²) in [5, 5.41) is 0. The molecule has 2 atom stereocenters. The molecule has 2 amide bonds. The molecule has 2 aliphatic rings. The highest BCUT2D eigenvalue weighted by molar-refractivity contribution is 6.04. The molecule has 1 aromatic carbocycles. The maximum atomic E-state index is 13.1. The van der Waals surface area contributed by atoms with E-state index in [0.717, 1.165) is 11.1 Å². The molecule has 0 bridgehead atoms. The van der Waals surface area contributed by atoms with E-state index >= 15 is 0 Å². The van der Waals surface area contributed by atoms with Crippen LogP contribution < -0.4 is 0 Å². The van der Waals surface area contributed by atoms with Crippen LogP contribution in [0.15, 0.2) is 18.2 Å². The minimum absolute atomic E-state index is 0.0990. The monoisotopic (exact) mass is 396 g/mol. The number of hydrogen-bond donors (Lipinski definition) is 0. The van der Waals surface area contributed by atoms with Gasteiger partial charge in [0.05, 0.1) is 6.04 Å². The van der Waals surface area contributed by atoms with E-state index in [4.69, 9.17) is 0 Å². The minimum Gasteiger partial charge on any atom is -0.330 e. The summed E-state index contributed by atoms with van der Waals surface area (Å²) >= 11 is 0. The highest BCUT2D eigenvalue weighted by atomic mass is 19.4. The number of carbonyl (C=O) groups excluding carboxylic acids is 3. The Kier molecular flexibility index (Phi) is 5.50. The zero-order valence-corrected chi connectivity index (χ0v) is 15.9. The van der Waals surface area contributed by atoms with E-state index in [1.807, 2.05) is 26.0 Å². The van der Waals surface area contributed by atoms with E-state index in [2.05, 4.69) is 0 Å². The number of halogens is 3. The zero-order chi connectivity index (χ0) is 20.6. The van der Waals surface area contributed by atoms with Crippen LogP contribution in [0.4, 0.5) is 13.2 Å². The summed E-state index contributed by atoms with van der Waals surface area (Å²) in [5.74, 6) is -2.74. The van der Waals surface area contributed by atoms with Crippen LogP contribution in [-0.4, -0.2) is 58.7 Å². The zero-order valence-electron chi connectivity index (χ0n) is 15.9. The fourth-order valence-electron chi connectivity index (χ4n) is 4.10. The molecule has 0 N–H and O–H groups in total. The normalized spacial score (nSPS) is 22.6. The first-order valence-corrected chi connectivity index (χ1v) is 9.41. The second-order valence-corrected chi connectivity index (χ2v) is 7.53. The Bertz CT molecular complexity index is 806. The van der Waals surface area contributed by atoms with Crippen molar-refractivity contribution in [3.63, 3.8) is 0 Å². The lowest BCUT2D eigenvalue weighted by Gasteiger charge is -2.31. The molecule has 0 radical (unpaired) electrons. The molecule has 8 heteroatoms. The lowest BCUT2D eigenvalue weighted by atomic mass is 9.96. The van der Waals surface area contributed by atoms with Gasteiger partial charge in [0.1, 0.15) is 6.04 Å². The molecule has 0 spiro atoms. The lowest BCUT2D eigenvalue weighted by molar-refractivity contribution is -0.187. The Morgan fingerprint density at radius 1 is 0.964 bits per heavy atom. The predicted octanol–water partition coefficient (Wildman–Crippen LogP) is 3.03. The first-order chi connectivity index (χ1) is 13.1. The van der Waals surface area contributed by atoms with Crippen LogP contribution in [0.1, 0.15) is 47.2 Å². The van der Waals surface area contributed by atoms with Gasteiger partial charge in [-0.25, -0.2) is 0 Å². The van der Waals surface area contributed by atoms with Gasteiger partial charge in [-0.2, -0.15) is 13.2 Å². The van der Waals surface area contributed by atoms with Crippen LogP contribution in [0.2, 0.25) is 0 Å². The Morgan fingerprint density at radius 3 is 2.21 bits per heavy atom. The van der Waals surface area contributed by atoms with Crippen molar-refractivity contribution in [3.05, 3.63) is 34.9 Å². The molecule has 2 fully saturated rings. The molecule has 0 saturated carbocycles. The molecular formula is C20H23F3N2O3. The number of nitrogens with zero attached hydrogens (tertiary/aromatic N) is 2. The van der Waals surface area contributed by atoms with Crippen molar-refractivity contribution >= 4 is 17.6 Å². The number of benzene rings is 1. The van der Waals surface area contributed by atoms with Crippen molar-refractivity contribution in [1.82, 2.24) is 9.80 Å². The Hall–Kier alpha value is -2.38. The van der Waals surface area contributed by atoms with Gasteiger partial charge in [-0.1, -0.05) is 17.7 Å². The van der Waals surface area contributed by atoms with Gasteiger partial charge in [0, 0.05) is 18.7 Å². The summed E-state index contributed by atoms with van der Waals surface area (Å²) in [6.45, 7) is 3.89. The minimum atomic E-state index is -5.01. The van der Waals surface area contributed by atoms with E-state index in [9.17, 15) is 27.6 Å². The first kappa shape index (κ1) is 20.4. The average molecular weight is 396 g/mol. The molecule has 152 valence electrons. The number of likely N-dealkylation sites (tertiary alicyclic amines) is 2. The Labute approximate surface area is 161 Å². The number of hydrogen-bond acceptors (Lipinski definition) is 3. The van der Waals surface area contributed by atoms with E-state index in [1.54, 1.807) is 6.07 Å². The number of Topliss-reactive ketones (excluding diaryl/α,β-unsaturated/α-hetero) is 1. The number of carbonyl (C=O) groups is 3. The number of aryl methyl sites for hydroxylation is 2. The fraction of sp³-hybridized carbons (Fsp3) is 0.550. The highest BCUT2D eigenvalue weighted by Gasteiger charge is 2.49. The van der Waals surface area contributed by atoms with Crippen LogP contribution in [0, 0.1) is 13.8 Å². The SMILES string of the molecule is Cc1ccc(C)c(C(=O)C2CCCN2C(=O)C2CCCN2C(=O)C(F)(F)F)c1. The third kappa shape index (κ3) is 3.77. The number of ketones is 1. The summed E-state index contributed by atoms with van der Waals surface area (Å²) in [7, 11) is 0. The topological polar surface area (TPSA) is 57.7 Å². The quantitative estimate of drug-likeness (QED) is 0.738. The van der Waals surface area contributed by atoms with Crippen LogP contribution in [-0.2, 0) is 9.59 Å². The van der Waals surface area contributed by atoms with Gasteiger partial charge in [-0.3, -0.25) is 14.4 Å². The molecule has 28 heavy (non-hydrogen) atoms. The average Bonchev–Trinajstić information content (AvgIpc) is 3.30. The number of amides is 2. The van der Waals surface area contributed by atoms with Crippen molar-refractivity contribution in [2.24, 2.45) is 0 Å². The number of rotatable bonds is 3.